The number of hydrogen-bond donors (Lipinski definition) is 1. The van der Waals surface area contributed by atoms with Crippen LogP contribution >= 0.6 is 23.4 Å². The standard InChI is InChI=1S/C12H8ClFN2O3S/c13-7-2-1-3-8(14)11(7)16-5-4-9(17)15-12(16)20-6-10(18)19/h1-5H,6H2,(H,18,19). The number of rotatable bonds is 4. The van der Waals surface area contributed by atoms with Gasteiger partial charge in [-0.05, 0) is 12.1 Å². The topological polar surface area (TPSA) is 72.2 Å². The fraction of sp³-hybridized carbons (Fsp3) is 0.0833. The van der Waals surface area contributed by atoms with E-state index in [0.29, 0.717) is 0 Å². The van der Waals surface area contributed by atoms with Crippen molar-refractivity contribution in [2.24, 2.45) is 0 Å². The summed E-state index contributed by atoms with van der Waals surface area (Å²) in [5.74, 6) is -1.97. The van der Waals surface area contributed by atoms with Crippen molar-refractivity contribution < 1.29 is 14.3 Å². The minimum Gasteiger partial charge on any atom is -0.481 e. The first-order chi connectivity index (χ1) is 9.49. The molecular weight excluding hydrogens is 307 g/mol. The van der Waals surface area contributed by atoms with E-state index in [0.717, 1.165) is 17.8 Å². The molecule has 0 saturated heterocycles. The Hall–Kier alpha value is -1.86. The minimum absolute atomic E-state index is 0.0227. The highest BCUT2D eigenvalue weighted by Crippen LogP contribution is 2.26. The molecule has 0 amide bonds. The number of hydrogen-bond acceptors (Lipinski definition) is 4. The van der Waals surface area contributed by atoms with Gasteiger partial charge >= 0.3 is 5.97 Å². The van der Waals surface area contributed by atoms with Crippen LogP contribution in [-0.4, -0.2) is 26.4 Å². The zero-order chi connectivity index (χ0) is 14.7. The minimum atomic E-state index is -1.07. The molecule has 0 aliphatic carbocycles. The Bertz CT molecular complexity index is 700. The van der Waals surface area contributed by atoms with Gasteiger partial charge in [0.05, 0.1) is 10.8 Å². The van der Waals surface area contributed by atoms with Gasteiger partial charge in [-0.15, -0.1) is 0 Å². The molecule has 2 rings (SSSR count). The lowest BCUT2D eigenvalue weighted by Gasteiger charge is -2.13. The second-order valence-electron chi connectivity index (χ2n) is 3.67. The van der Waals surface area contributed by atoms with Gasteiger partial charge in [-0.25, -0.2) is 4.39 Å². The molecule has 0 aliphatic heterocycles. The summed E-state index contributed by atoms with van der Waals surface area (Å²) in [7, 11) is 0. The van der Waals surface area contributed by atoms with E-state index in [2.05, 4.69) is 4.98 Å². The number of nitrogens with zero attached hydrogens (tertiary/aromatic N) is 2. The highest BCUT2D eigenvalue weighted by molar-refractivity contribution is 7.99. The first-order valence-electron chi connectivity index (χ1n) is 5.37. The number of carboxylic acid groups (broad SMARTS) is 1. The molecule has 1 aromatic heterocycles. The Kier molecular flexibility index (Phi) is 4.41. The Morgan fingerprint density at radius 2 is 2.20 bits per heavy atom. The first-order valence-corrected chi connectivity index (χ1v) is 6.74. The molecule has 1 N–H and O–H groups in total. The van der Waals surface area contributed by atoms with E-state index in [-0.39, 0.29) is 21.6 Å². The number of carbonyl (C=O) groups is 1. The van der Waals surface area contributed by atoms with Crippen LogP contribution in [0.15, 0.2) is 40.4 Å². The average Bonchev–Trinajstić information content (AvgIpc) is 2.38. The number of carboxylic acids is 1. The fourth-order valence-electron chi connectivity index (χ4n) is 1.50. The molecule has 104 valence electrons. The third-order valence-corrected chi connectivity index (χ3v) is 3.52. The molecule has 1 heterocycles. The predicted molar refractivity (Wildman–Crippen MR) is 73.2 cm³/mol. The van der Waals surface area contributed by atoms with Gasteiger partial charge in [0.15, 0.2) is 5.16 Å². The van der Waals surface area contributed by atoms with Gasteiger partial charge < -0.3 is 5.11 Å². The van der Waals surface area contributed by atoms with Crippen molar-refractivity contribution in [3.63, 3.8) is 0 Å². The molecule has 0 spiro atoms. The Balaban J connectivity index is 2.56. The molecule has 8 heteroatoms. The first kappa shape index (κ1) is 14.5. The fourth-order valence-corrected chi connectivity index (χ4v) is 2.46. The zero-order valence-electron chi connectivity index (χ0n) is 9.92. The third kappa shape index (κ3) is 3.17. The molecule has 0 bridgehead atoms. The molecule has 0 atom stereocenters. The second-order valence-corrected chi connectivity index (χ2v) is 5.02. The molecule has 0 aliphatic rings. The molecule has 0 saturated carbocycles. The van der Waals surface area contributed by atoms with E-state index in [1.54, 1.807) is 0 Å². The normalized spacial score (nSPS) is 10.5. The van der Waals surface area contributed by atoms with Gasteiger partial charge in [0, 0.05) is 12.3 Å². The number of benzene rings is 1. The van der Waals surface area contributed by atoms with Gasteiger partial charge in [0.25, 0.3) is 5.56 Å². The van der Waals surface area contributed by atoms with Crippen molar-refractivity contribution >= 4 is 29.3 Å². The lowest BCUT2D eigenvalue weighted by atomic mass is 10.3. The van der Waals surface area contributed by atoms with Crippen LogP contribution in [0.5, 0.6) is 0 Å². The van der Waals surface area contributed by atoms with Crippen molar-refractivity contribution in [1.29, 1.82) is 0 Å². The summed E-state index contributed by atoms with van der Waals surface area (Å²) in [4.78, 5) is 25.6. The molecule has 1 aromatic carbocycles. The Morgan fingerprint density at radius 3 is 2.85 bits per heavy atom. The monoisotopic (exact) mass is 314 g/mol. The van der Waals surface area contributed by atoms with E-state index in [9.17, 15) is 14.0 Å². The van der Waals surface area contributed by atoms with Crippen molar-refractivity contribution in [1.82, 2.24) is 9.55 Å². The number of para-hydroxylation sites is 1. The van der Waals surface area contributed by atoms with Gasteiger partial charge in [0.2, 0.25) is 0 Å². The second kappa shape index (κ2) is 6.06. The quantitative estimate of drug-likeness (QED) is 0.692. The molecule has 5 nitrogen and oxygen atoms in total. The maximum absolute atomic E-state index is 13.9. The highest BCUT2D eigenvalue weighted by Gasteiger charge is 2.14. The largest absolute Gasteiger partial charge is 0.481 e. The van der Waals surface area contributed by atoms with Gasteiger partial charge in [-0.1, -0.05) is 29.4 Å². The lowest BCUT2D eigenvalue weighted by molar-refractivity contribution is -0.133. The van der Waals surface area contributed by atoms with E-state index in [1.165, 1.54) is 29.0 Å². The molecule has 0 fully saturated rings. The van der Waals surface area contributed by atoms with Crippen molar-refractivity contribution in [2.45, 2.75) is 5.16 Å². The smallest absolute Gasteiger partial charge is 0.313 e. The van der Waals surface area contributed by atoms with E-state index in [1.807, 2.05) is 0 Å². The van der Waals surface area contributed by atoms with Crippen LogP contribution in [0, 0.1) is 5.82 Å². The molecule has 0 radical (unpaired) electrons. The number of aromatic nitrogens is 2. The maximum atomic E-state index is 13.9. The molecule has 20 heavy (non-hydrogen) atoms. The molecule has 2 aromatic rings. The van der Waals surface area contributed by atoms with Crippen LogP contribution in [0.1, 0.15) is 0 Å². The van der Waals surface area contributed by atoms with E-state index < -0.39 is 17.3 Å². The predicted octanol–water partition coefficient (Wildman–Crippen LogP) is 2.20. The summed E-state index contributed by atoms with van der Waals surface area (Å²) in [6.45, 7) is 0. The summed E-state index contributed by atoms with van der Waals surface area (Å²) in [5.41, 5.74) is -0.517. The summed E-state index contributed by atoms with van der Waals surface area (Å²) < 4.78 is 15.1. The molecular formula is C12H8ClFN2O3S. The Labute approximate surface area is 122 Å². The van der Waals surface area contributed by atoms with Crippen LogP contribution in [0.4, 0.5) is 4.39 Å². The SMILES string of the molecule is O=C(O)CSc1nc(=O)ccn1-c1c(F)cccc1Cl. The number of thioether (sulfide) groups is 1. The van der Waals surface area contributed by atoms with Crippen LogP contribution < -0.4 is 5.56 Å². The summed E-state index contributed by atoms with van der Waals surface area (Å²) in [5, 5.41) is 8.87. The van der Waals surface area contributed by atoms with Gasteiger partial charge in [-0.3, -0.25) is 14.2 Å². The number of halogens is 2. The van der Waals surface area contributed by atoms with E-state index >= 15 is 0 Å². The van der Waals surface area contributed by atoms with Crippen molar-refractivity contribution in [2.75, 3.05) is 5.75 Å². The summed E-state index contributed by atoms with van der Waals surface area (Å²) >= 11 is 6.75. The lowest BCUT2D eigenvalue weighted by Crippen LogP contribution is -2.14. The number of aliphatic carboxylic acids is 1. The van der Waals surface area contributed by atoms with Gasteiger partial charge in [0.1, 0.15) is 11.5 Å². The summed E-state index contributed by atoms with van der Waals surface area (Å²) in [6.07, 6.45) is 1.31. The summed E-state index contributed by atoms with van der Waals surface area (Å²) in [6, 6.07) is 5.30. The zero-order valence-corrected chi connectivity index (χ0v) is 11.5. The van der Waals surface area contributed by atoms with Crippen LogP contribution in [0.25, 0.3) is 5.69 Å². The average molecular weight is 315 g/mol. The van der Waals surface area contributed by atoms with Crippen molar-refractivity contribution in [3.05, 3.63) is 51.7 Å². The van der Waals surface area contributed by atoms with E-state index in [4.69, 9.17) is 16.7 Å². The van der Waals surface area contributed by atoms with Crippen molar-refractivity contribution in [3.8, 4) is 5.69 Å². The maximum Gasteiger partial charge on any atom is 0.313 e. The third-order valence-electron chi connectivity index (χ3n) is 2.28. The van der Waals surface area contributed by atoms with Crippen LogP contribution in [0.2, 0.25) is 5.02 Å². The molecule has 0 unspecified atom stereocenters. The van der Waals surface area contributed by atoms with Crippen LogP contribution in [-0.2, 0) is 4.79 Å². The van der Waals surface area contributed by atoms with Gasteiger partial charge in [-0.2, -0.15) is 4.98 Å². The Morgan fingerprint density at radius 1 is 1.45 bits per heavy atom. The van der Waals surface area contributed by atoms with Crippen LogP contribution in [0.3, 0.4) is 0 Å². The highest BCUT2D eigenvalue weighted by atomic mass is 35.5.